The number of hydrogen-bond donors (Lipinski definition) is 1. The number of ether oxygens (including phenoxy) is 4. The summed E-state index contributed by atoms with van der Waals surface area (Å²) >= 11 is -3.56. The topological polar surface area (TPSA) is 75.6 Å². The van der Waals surface area contributed by atoms with Gasteiger partial charge in [-0.1, -0.05) is 0 Å². The van der Waals surface area contributed by atoms with Crippen LogP contribution in [0.25, 0.3) is 0 Å². The Balaban J connectivity index is 1.87. The van der Waals surface area contributed by atoms with Crippen LogP contribution >= 0.6 is 0 Å². The summed E-state index contributed by atoms with van der Waals surface area (Å²) < 4.78 is 43.1. The molecule has 4 bridgehead atoms. The summed E-state index contributed by atoms with van der Waals surface area (Å²) in [4.78, 5) is 0. The molecule has 7 nitrogen and oxygen atoms in total. The quantitative estimate of drug-likeness (QED) is 0.133. The molecule has 226 valence electrons. The predicted molar refractivity (Wildman–Crippen MR) is 154 cm³/mol. The van der Waals surface area contributed by atoms with Crippen LogP contribution in [-0.4, -0.2) is 80.1 Å². The summed E-state index contributed by atoms with van der Waals surface area (Å²) in [5.74, 6) is -0.557. The molecule has 1 N–H and O–H groups in total. The number of rotatable bonds is 14. The van der Waals surface area contributed by atoms with E-state index < -0.39 is 42.8 Å². The van der Waals surface area contributed by atoms with Crippen LogP contribution in [-0.2, 0) is 25.1 Å². The summed E-state index contributed by atoms with van der Waals surface area (Å²) in [5, 5.41) is 11.2. The first-order valence-corrected chi connectivity index (χ1v) is 22.0. The molecule has 3 heterocycles. The van der Waals surface area contributed by atoms with Crippen molar-refractivity contribution >= 4 is 19.2 Å². The fraction of sp³-hybridized carbons (Fsp3) is 0.935. The average molecular weight is 659 g/mol. The van der Waals surface area contributed by atoms with Crippen LogP contribution in [0, 0.1) is 23.2 Å². The fourth-order valence-corrected chi connectivity index (χ4v) is 21.4. The van der Waals surface area contributed by atoms with Gasteiger partial charge in [0.25, 0.3) is 0 Å². The average Bonchev–Trinajstić information content (AvgIpc) is 3.30. The van der Waals surface area contributed by atoms with Gasteiger partial charge in [0.2, 0.25) is 0 Å². The Morgan fingerprint density at radius 2 is 1.79 bits per heavy atom. The molecule has 9 atom stereocenters. The van der Waals surface area contributed by atoms with E-state index in [0.29, 0.717) is 6.42 Å². The monoisotopic (exact) mass is 660 g/mol. The van der Waals surface area contributed by atoms with Gasteiger partial charge in [0.1, 0.15) is 0 Å². The normalized spacial score (nSPS) is 39.8. The summed E-state index contributed by atoms with van der Waals surface area (Å²) in [5.41, 5.74) is -0.747. The molecule has 0 aromatic heterocycles. The Morgan fingerprint density at radius 1 is 1.13 bits per heavy atom. The zero-order chi connectivity index (χ0) is 28.6. The van der Waals surface area contributed by atoms with E-state index >= 15 is 0 Å². The van der Waals surface area contributed by atoms with Crippen molar-refractivity contribution in [3.05, 3.63) is 12.7 Å². The molecular weight excluding hydrogens is 603 g/mol. The Bertz CT molecular complexity index is 828. The van der Waals surface area contributed by atoms with Crippen LogP contribution in [0.1, 0.15) is 93.4 Å². The van der Waals surface area contributed by atoms with Gasteiger partial charge >= 0.3 is 243 Å². The minimum absolute atomic E-state index is 0.0112. The van der Waals surface area contributed by atoms with Gasteiger partial charge in [-0.05, 0) is 0 Å². The van der Waals surface area contributed by atoms with Crippen LogP contribution in [0.3, 0.4) is 0 Å². The van der Waals surface area contributed by atoms with Gasteiger partial charge in [0, 0.05) is 0 Å². The summed E-state index contributed by atoms with van der Waals surface area (Å²) in [6.45, 7) is 19.7. The maximum absolute atomic E-state index is 11.2. The van der Waals surface area contributed by atoms with Crippen molar-refractivity contribution in [2.24, 2.45) is 23.2 Å². The fourth-order valence-electron chi connectivity index (χ4n) is 8.49. The predicted octanol–water partition coefficient (Wildman–Crippen LogP) is 6.33. The van der Waals surface area contributed by atoms with Crippen LogP contribution < -0.4 is 0 Å². The second-order valence-electron chi connectivity index (χ2n) is 13.5. The molecule has 39 heavy (non-hydrogen) atoms. The first kappa shape index (κ1) is 32.2. The summed E-state index contributed by atoms with van der Waals surface area (Å²) in [7, 11) is 1.67. The Morgan fingerprint density at radius 3 is 2.36 bits per heavy atom. The molecule has 3 aliphatic heterocycles. The Labute approximate surface area is 242 Å². The minimum atomic E-state index is -3.56. The molecular formula is C31H56O7Sn. The van der Waals surface area contributed by atoms with Gasteiger partial charge in [0.15, 0.2) is 0 Å². The van der Waals surface area contributed by atoms with Gasteiger partial charge in [-0.25, -0.2) is 0 Å². The zero-order valence-electron chi connectivity index (χ0n) is 25.9. The molecule has 1 aliphatic carbocycles. The second kappa shape index (κ2) is 12.5. The third kappa shape index (κ3) is 5.43. The van der Waals surface area contributed by atoms with Crippen molar-refractivity contribution in [3.8, 4) is 0 Å². The molecule has 0 radical (unpaired) electrons. The van der Waals surface area contributed by atoms with E-state index in [9.17, 15) is 5.11 Å². The molecule has 4 fully saturated rings. The van der Waals surface area contributed by atoms with Gasteiger partial charge in [-0.3, -0.25) is 0 Å². The van der Waals surface area contributed by atoms with Gasteiger partial charge in [-0.15, -0.1) is 0 Å². The number of unbranched alkanes of at least 4 members (excludes halogenated alkanes) is 2. The molecule has 8 heteroatoms. The van der Waals surface area contributed by atoms with Crippen molar-refractivity contribution in [2.45, 2.75) is 144 Å². The van der Waals surface area contributed by atoms with E-state index in [1.54, 1.807) is 13.2 Å². The van der Waals surface area contributed by atoms with Crippen LogP contribution in [0.5, 0.6) is 0 Å². The number of hydrogen-bond acceptors (Lipinski definition) is 7. The Kier molecular flexibility index (Phi) is 10.3. The van der Waals surface area contributed by atoms with Crippen molar-refractivity contribution in [3.63, 3.8) is 0 Å². The van der Waals surface area contributed by atoms with Crippen molar-refractivity contribution in [1.82, 2.24) is 0 Å². The molecule has 4 rings (SSSR count). The maximum atomic E-state index is 11.2. The number of methoxy groups -OCH3 is 1. The molecule has 4 aliphatic rings. The van der Waals surface area contributed by atoms with E-state index in [2.05, 4.69) is 41.2 Å². The van der Waals surface area contributed by atoms with E-state index in [-0.39, 0.29) is 48.3 Å². The molecule has 0 unspecified atom stereocenters. The van der Waals surface area contributed by atoms with Crippen LogP contribution in [0.2, 0.25) is 8.87 Å². The molecule has 0 aromatic carbocycles. The van der Waals surface area contributed by atoms with Crippen LogP contribution in [0.15, 0.2) is 12.7 Å². The van der Waals surface area contributed by atoms with E-state index in [4.69, 9.17) is 25.1 Å². The second-order valence-corrected chi connectivity index (χ2v) is 22.7. The summed E-state index contributed by atoms with van der Waals surface area (Å²) in [6.07, 6.45) is 7.10. The molecule has 0 aromatic rings. The van der Waals surface area contributed by atoms with E-state index in [1.165, 1.54) is 0 Å². The molecule has 1 saturated carbocycles. The molecule has 2 spiro atoms. The Hall–Kier alpha value is 0.259. The van der Waals surface area contributed by atoms with Gasteiger partial charge in [-0.2, -0.15) is 0 Å². The number of aliphatic hydroxyl groups excluding tert-OH is 1. The van der Waals surface area contributed by atoms with Crippen molar-refractivity contribution < 1.29 is 30.2 Å². The third-order valence-electron chi connectivity index (χ3n) is 10.5. The first-order chi connectivity index (χ1) is 18.5. The number of fused-ring (bicyclic) bond motifs is 2. The van der Waals surface area contributed by atoms with Gasteiger partial charge < -0.3 is 0 Å². The standard InChI is InChI=1S/C23H38O7.2C4H9.Sn/c1-8-17(24)19(29-13(2)3)15-11-23(26)22(25)10-9-16(21(22,5)6)20(28-12-27-7)18(30-23)14(15)4;2*1-3-4-2;/h8,13-20,24H,1,9-12H2,2-7H3;2*1,3-4H2,2H3;/q-2;;;+2/t14-,15+,16-,17-,18-,19+,20-,22+,23+;;;/m1.../s1. The third-order valence-corrected chi connectivity index (χ3v) is 20.9. The SMILES string of the molecule is C=C[C@@H](O)[C@@H](OC(C)C)[C@H]1C[C@]23O[C@H]([C@@H]1C)[C@H](OCOC)[C@H]1CC[C@]2([O][Sn]([CH2]CCC)([CH2]CCC)[O]3)C1(C)C. The van der Waals surface area contributed by atoms with E-state index in [1.807, 2.05) is 13.8 Å². The molecule has 3 saturated heterocycles. The molecule has 0 amide bonds. The first-order valence-electron chi connectivity index (χ1n) is 15.6. The van der Waals surface area contributed by atoms with Crippen molar-refractivity contribution in [1.29, 1.82) is 0 Å². The summed E-state index contributed by atoms with van der Waals surface area (Å²) in [6, 6.07) is 0. The van der Waals surface area contributed by atoms with Gasteiger partial charge in [0.05, 0.1) is 0 Å². The van der Waals surface area contributed by atoms with Crippen LogP contribution in [0.4, 0.5) is 0 Å². The zero-order valence-corrected chi connectivity index (χ0v) is 28.7. The number of aliphatic hydroxyl groups is 1. The van der Waals surface area contributed by atoms with Crippen molar-refractivity contribution in [2.75, 3.05) is 13.9 Å². The van der Waals surface area contributed by atoms with E-state index in [0.717, 1.165) is 47.4 Å².